The molecule has 1 aliphatic heterocycles. The molecule has 4 nitrogen and oxygen atoms in total. The van der Waals surface area contributed by atoms with E-state index < -0.39 is 5.97 Å². The summed E-state index contributed by atoms with van der Waals surface area (Å²) in [5.74, 6) is -0.888. The third-order valence-corrected chi connectivity index (χ3v) is 5.31. The Morgan fingerprint density at radius 2 is 1.87 bits per heavy atom. The van der Waals surface area contributed by atoms with Crippen molar-refractivity contribution in [2.45, 2.75) is 22.8 Å². The average Bonchev–Trinajstić information content (AvgIpc) is 2.53. The van der Waals surface area contributed by atoms with E-state index in [2.05, 4.69) is 43.0 Å². The number of likely N-dealkylation sites (N-methyl/N-ethyl adjacent to an activating group) is 1. The van der Waals surface area contributed by atoms with Gasteiger partial charge in [0.05, 0.1) is 16.9 Å². The highest BCUT2D eigenvalue weighted by atomic mass is 32.2. The number of nitrogens with zero attached hydrogens (tertiary/aromatic N) is 2. The minimum absolute atomic E-state index is 0.330. The lowest BCUT2D eigenvalue weighted by Crippen LogP contribution is -2.37. The number of hydrogen-bond acceptors (Lipinski definition) is 4. The zero-order valence-electron chi connectivity index (χ0n) is 13.5. The monoisotopic (exact) mass is 328 g/mol. The van der Waals surface area contributed by atoms with Crippen molar-refractivity contribution in [3.8, 4) is 0 Å². The highest BCUT2D eigenvalue weighted by molar-refractivity contribution is 7.99. The van der Waals surface area contributed by atoms with Crippen molar-refractivity contribution in [2.24, 2.45) is 0 Å². The van der Waals surface area contributed by atoms with Gasteiger partial charge in [-0.05, 0) is 51.4 Å². The minimum atomic E-state index is -0.888. The molecule has 0 spiro atoms. The fourth-order valence-corrected chi connectivity index (χ4v) is 3.73. The number of para-hydroxylation sites is 1. The number of anilines is 2. The Morgan fingerprint density at radius 3 is 2.57 bits per heavy atom. The predicted molar refractivity (Wildman–Crippen MR) is 94.1 cm³/mol. The van der Waals surface area contributed by atoms with Crippen LogP contribution in [0.3, 0.4) is 0 Å². The van der Waals surface area contributed by atoms with E-state index in [1.165, 1.54) is 5.69 Å². The minimum Gasteiger partial charge on any atom is -0.478 e. The maximum Gasteiger partial charge on any atom is 0.335 e. The number of benzene rings is 2. The number of fused-ring (bicyclic) bond motifs is 2. The van der Waals surface area contributed by atoms with Crippen LogP contribution in [0.15, 0.2) is 52.3 Å². The van der Waals surface area contributed by atoms with Gasteiger partial charge in [-0.2, -0.15) is 0 Å². The zero-order valence-corrected chi connectivity index (χ0v) is 14.3. The molecule has 1 N–H and O–H groups in total. The summed E-state index contributed by atoms with van der Waals surface area (Å²) in [6, 6.07) is 14.0. The van der Waals surface area contributed by atoms with Gasteiger partial charge >= 0.3 is 5.97 Å². The average molecular weight is 328 g/mol. The van der Waals surface area contributed by atoms with Gasteiger partial charge in [0.25, 0.3) is 0 Å². The van der Waals surface area contributed by atoms with Gasteiger partial charge in [-0.1, -0.05) is 23.9 Å². The number of carboxylic acid groups (broad SMARTS) is 1. The first-order chi connectivity index (χ1) is 11.0. The van der Waals surface area contributed by atoms with Crippen molar-refractivity contribution in [3.05, 3.63) is 48.0 Å². The summed E-state index contributed by atoms with van der Waals surface area (Å²) in [5, 5.41) is 9.24. The molecule has 2 aromatic rings. The van der Waals surface area contributed by atoms with Crippen LogP contribution in [0.2, 0.25) is 0 Å². The van der Waals surface area contributed by atoms with E-state index in [9.17, 15) is 9.90 Å². The lowest BCUT2D eigenvalue weighted by atomic mass is 10.1. The van der Waals surface area contributed by atoms with Gasteiger partial charge in [-0.15, -0.1) is 0 Å². The van der Waals surface area contributed by atoms with Gasteiger partial charge in [0.1, 0.15) is 0 Å². The molecule has 0 saturated heterocycles. The van der Waals surface area contributed by atoms with Gasteiger partial charge in [0.15, 0.2) is 0 Å². The summed E-state index contributed by atoms with van der Waals surface area (Å²) >= 11 is 1.63. The van der Waals surface area contributed by atoms with Crippen LogP contribution in [-0.4, -0.2) is 42.7 Å². The Hall–Kier alpha value is -1.98. The summed E-state index contributed by atoms with van der Waals surface area (Å²) in [6.07, 6.45) is 0. The second-order valence-corrected chi connectivity index (χ2v) is 7.06. The van der Waals surface area contributed by atoms with Gasteiger partial charge < -0.3 is 14.9 Å². The smallest absolute Gasteiger partial charge is 0.335 e. The Kier molecular flexibility index (Phi) is 4.33. The van der Waals surface area contributed by atoms with E-state index in [0.717, 1.165) is 22.0 Å². The van der Waals surface area contributed by atoms with E-state index in [1.54, 1.807) is 23.9 Å². The molecule has 23 heavy (non-hydrogen) atoms. The van der Waals surface area contributed by atoms with Crippen molar-refractivity contribution >= 4 is 29.1 Å². The van der Waals surface area contributed by atoms with Crippen LogP contribution in [0, 0.1) is 0 Å². The van der Waals surface area contributed by atoms with E-state index in [1.807, 2.05) is 18.2 Å². The maximum absolute atomic E-state index is 11.3. The quantitative estimate of drug-likeness (QED) is 0.921. The molecule has 1 heterocycles. The van der Waals surface area contributed by atoms with Crippen LogP contribution in [0.25, 0.3) is 0 Å². The highest BCUT2D eigenvalue weighted by Crippen LogP contribution is 2.48. The molecule has 5 heteroatoms. The van der Waals surface area contributed by atoms with E-state index >= 15 is 0 Å². The van der Waals surface area contributed by atoms with Crippen LogP contribution >= 0.6 is 11.8 Å². The van der Waals surface area contributed by atoms with Crippen molar-refractivity contribution < 1.29 is 9.90 Å². The molecule has 0 bridgehead atoms. The van der Waals surface area contributed by atoms with Crippen molar-refractivity contribution in [1.29, 1.82) is 0 Å². The van der Waals surface area contributed by atoms with Crippen molar-refractivity contribution in [3.63, 3.8) is 0 Å². The van der Waals surface area contributed by atoms with Crippen LogP contribution in [0.4, 0.5) is 11.4 Å². The van der Waals surface area contributed by atoms with E-state index in [-0.39, 0.29) is 0 Å². The summed E-state index contributed by atoms with van der Waals surface area (Å²) in [7, 11) is 4.15. The normalized spacial score (nSPS) is 14.3. The number of carboxylic acids is 1. The number of rotatable bonds is 4. The standard InChI is InChI=1S/C18H20N2O2S/c1-12(19(2)3)11-20-14-6-4-5-7-16(14)23-17-10-13(18(21)22)8-9-15(17)20/h4-10,12H,11H2,1-3H3,(H,21,22). The molecule has 0 saturated carbocycles. The molecule has 3 rings (SSSR count). The number of carbonyl (C=O) groups is 1. The molecule has 0 fully saturated rings. The van der Waals surface area contributed by atoms with Crippen LogP contribution < -0.4 is 4.90 Å². The number of aromatic carboxylic acids is 1. The lowest BCUT2D eigenvalue weighted by Gasteiger charge is -2.36. The SMILES string of the molecule is CC(CN1c2ccccc2Sc2cc(C(=O)O)ccc21)N(C)C. The third-order valence-electron chi connectivity index (χ3n) is 4.20. The topological polar surface area (TPSA) is 43.8 Å². The molecule has 1 atom stereocenters. The Bertz CT molecular complexity index is 746. The first-order valence-corrected chi connectivity index (χ1v) is 8.37. The first kappa shape index (κ1) is 15.9. The summed E-state index contributed by atoms with van der Waals surface area (Å²) < 4.78 is 0. The highest BCUT2D eigenvalue weighted by Gasteiger charge is 2.25. The molecule has 120 valence electrons. The molecule has 0 radical (unpaired) electrons. The van der Waals surface area contributed by atoms with Crippen molar-refractivity contribution in [1.82, 2.24) is 4.90 Å². The fraction of sp³-hybridized carbons (Fsp3) is 0.278. The second-order valence-electron chi connectivity index (χ2n) is 5.98. The molecular formula is C18H20N2O2S. The van der Waals surface area contributed by atoms with Gasteiger partial charge in [0, 0.05) is 22.4 Å². The maximum atomic E-state index is 11.3. The summed E-state index contributed by atoms with van der Waals surface area (Å²) in [5.41, 5.74) is 2.59. The van der Waals surface area contributed by atoms with E-state index in [0.29, 0.717) is 11.6 Å². The second kappa shape index (κ2) is 6.26. The Balaban J connectivity index is 2.06. The Morgan fingerprint density at radius 1 is 1.17 bits per heavy atom. The molecule has 2 aromatic carbocycles. The van der Waals surface area contributed by atoms with Crippen LogP contribution in [-0.2, 0) is 0 Å². The van der Waals surface area contributed by atoms with Gasteiger partial charge in [-0.3, -0.25) is 0 Å². The summed E-state index contributed by atoms with van der Waals surface area (Å²) in [4.78, 5) is 17.9. The predicted octanol–water partition coefficient (Wildman–Crippen LogP) is 3.94. The van der Waals surface area contributed by atoms with Crippen LogP contribution in [0.1, 0.15) is 17.3 Å². The number of hydrogen-bond donors (Lipinski definition) is 1. The van der Waals surface area contributed by atoms with E-state index in [4.69, 9.17) is 0 Å². The molecular weight excluding hydrogens is 308 g/mol. The third kappa shape index (κ3) is 3.07. The lowest BCUT2D eigenvalue weighted by molar-refractivity contribution is 0.0696. The zero-order chi connectivity index (χ0) is 16.6. The largest absolute Gasteiger partial charge is 0.478 e. The molecule has 0 amide bonds. The van der Waals surface area contributed by atoms with Gasteiger partial charge in [0.2, 0.25) is 0 Å². The molecule has 0 aromatic heterocycles. The fourth-order valence-electron chi connectivity index (χ4n) is 2.59. The Labute approximate surface area is 140 Å². The molecule has 0 aliphatic carbocycles. The van der Waals surface area contributed by atoms with Crippen LogP contribution in [0.5, 0.6) is 0 Å². The molecule has 1 unspecified atom stereocenters. The summed E-state index contributed by atoms with van der Waals surface area (Å²) in [6.45, 7) is 3.04. The van der Waals surface area contributed by atoms with Crippen molar-refractivity contribution in [2.75, 3.05) is 25.5 Å². The first-order valence-electron chi connectivity index (χ1n) is 7.55. The van der Waals surface area contributed by atoms with Gasteiger partial charge in [-0.25, -0.2) is 4.79 Å². The molecule has 1 aliphatic rings.